The Hall–Kier alpha value is -2.43. The van der Waals surface area contributed by atoms with Crippen LogP contribution in [-0.2, 0) is 10.2 Å². The third-order valence-electron chi connectivity index (χ3n) is 3.63. The lowest BCUT2D eigenvalue weighted by molar-refractivity contribution is -0.115. The average Bonchev–Trinajstić information content (AvgIpc) is 2.49. The van der Waals surface area contributed by atoms with Crippen LogP contribution in [0.15, 0.2) is 42.5 Å². The minimum absolute atomic E-state index is 0.0988. The van der Waals surface area contributed by atoms with Crippen LogP contribution in [0.25, 0.3) is 0 Å². The van der Waals surface area contributed by atoms with Crippen LogP contribution < -0.4 is 10.6 Å². The third-order valence-corrected chi connectivity index (χ3v) is 3.63. The summed E-state index contributed by atoms with van der Waals surface area (Å²) in [5.74, 6) is -1.56. The summed E-state index contributed by atoms with van der Waals surface area (Å²) in [6.45, 7) is 6.35. The molecule has 0 radical (unpaired) electrons. The summed E-state index contributed by atoms with van der Waals surface area (Å²) >= 11 is 0. The van der Waals surface area contributed by atoms with Crippen LogP contribution >= 0.6 is 0 Å². The van der Waals surface area contributed by atoms with Crippen LogP contribution in [0.5, 0.6) is 0 Å². The lowest BCUT2D eigenvalue weighted by Crippen LogP contribution is -2.20. The highest BCUT2D eigenvalue weighted by Gasteiger charge is 2.18. The monoisotopic (exact) mass is 332 g/mol. The first-order valence-electron chi connectivity index (χ1n) is 7.86. The molecule has 0 aliphatic heterocycles. The summed E-state index contributed by atoms with van der Waals surface area (Å²) in [5, 5.41) is 5.50. The van der Waals surface area contributed by atoms with Gasteiger partial charge in [0.2, 0.25) is 5.91 Å². The number of para-hydroxylation sites is 2. The molecule has 2 aromatic carbocycles. The zero-order chi connectivity index (χ0) is 17.7. The van der Waals surface area contributed by atoms with Crippen molar-refractivity contribution in [3.8, 4) is 0 Å². The highest BCUT2D eigenvalue weighted by molar-refractivity contribution is 5.92. The highest BCUT2D eigenvalue weighted by Crippen LogP contribution is 2.29. The number of benzene rings is 2. The minimum atomic E-state index is -0.673. The van der Waals surface area contributed by atoms with Crippen molar-refractivity contribution in [1.82, 2.24) is 0 Å². The maximum atomic E-state index is 13.5. The number of carbonyl (C=O) groups is 1. The molecule has 128 valence electrons. The first-order valence-corrected chi connectivity index (χ1v) is 7.86. The number of anilines is 2. The van der Waals surface area contributed by atoms with Gasteiger partial charge in [-0.15, -0.1) is 0 Å². The fourth-order valence-corrected chi connectivity index (χ4v) is 2.43. The van der Waals surface area contributed by atoms with E-state index in [-0.39, 0.29) is 30.0 Å². The van der Waals surface area contributed by atoms with Gasteiger partial charge in [-0.1, -0.05) is 45.0 Å². The van der Waals surface area contributed by atoms with Gasteiger partial charge in [-0.05, 0) is 29.2 Å². The third kappa shape index (κ3) is 4.54. The van der Waals surface area contributed by atoms with E-state index in [1.807, 2.05) is 24.3 Å². The molecule has 0 saturated heterocycles. The topological polar surface area (TPSA) is 41.1 Å². The Labute approximate surface area is 141 Å². The molecule has 2 rings (SSSR count). The fraction of sp³-hybridized carbons (Fsp3) is 0.316. The van der Waals surface area contributed by atoms with Crippen LogP contribution in [0.3, 0.4) is 0 Å². The Morgan fingerprint density at radius 2 is 1.62 bits per heavy atom. The molecule has 3 nitrogen and oxygen atoms in total. The SMILES string of the molecule is CC(C)(C)c1ccccc1NC(=O)CCNc1c(F)cccc1F. The summed E-state index contributed by atoms with van der Waals surface area (Å²) in [6, 6.07) is 11.3. The highest BCUT2D eigenvalue weighted by atomic mass is 19.1. The molecule has 2 aromatic rings. The summed E-state index contributed by atoms with van der Waals surface area (Å²) in [4.78, 5) is 12.1. The molecule has 24 heavy (non-hydrogen) atoms. The van der Waals surface area contributed by atoms with Gasteiger partial charge in [0.05, 0.1) is 0 Å². The van der Waals surface area contributed by atoms with E-state index in [4.69, 9.17) is 0 Å². The van der Waals surface area contributed by atoms with Gasteiger partial charge >= 0.3 is 0 Å². The molecule has 0 saturated carbocycles. The first-order chi connectivity index (χ1) is 11.3. The molecule has 0 aromatic heterocycles. The molecular formula is C19H22F2N2O. The first kappa shape index (κ1) is 17.9. The molecule has 5 heteroatoms. The second-order valence-electron chi connectivity index (χ2n) is 6.62. The average molecular weight is 332 g/mol. The van der Waals surface area contributed by atoms with Crippen molar-refractivity contribution >= 4 is 17.3 Å². The summed E-state index contributed by atoms with van der Waals surface area (Å²) in [7, 11) is 0. The normalized spacial score (nSPS) is 11.2. The molecule has 2 N–H and O–H groups in total. The van der Waals surface area contributed by atoms with Crippen molar-refractivity contribution < 1.29 is 13.6 Å². The van der Waals surface area contributed by atoms with Crippen LogP contribution in [0, 0.1) is 11.6 Å². The molecule has 0 aliphatic rings. The van der Waals surface area contributed by atoms with Crippen molar-refractivity contribution in [2.75, 3.05) is 17.2 Å². The van der Waals surface area contributed by atoms with E-state index in [1.54, 1.807) is 0 Å². The zero-order valence-corrected chi connectivity index (χ0v) is 14.1. The maximum absolute atomic E-state index is 13.5. The van der Waals surface area contributed by atoms with E-state index in [2.05, 4.69) is 31.4 Å². The van der Waals surface area contributed by atoms with E-state index < -0.39 is 11.6 Å². The molecule has 0 aliphatic carbocycles. The number of hydrogen-bond acceptors (Lipinski definition) is 2. The number of rotatable bonds is 5. The molecule has 1 amide bonds. The quantitative estimate of drug-likeness (QED) is 0.833. The molecule has 0 heterocycles. The number of amides is 1. The van der Waals surface area contributed by atoms with Gasteiger partial charge in [0.25, 0.3) is 0 Å². The van der Waals surface area contributed by atoms with Crippen molar-refractivity contribution in [1.29, 1.82) is 0 Å². The summed E-state index contributed by atoms with van der Waals surface area (Å²) < 4.78 is 27.0. The largest absolute Gasteiger partial charge is 0.380 e. The van der Waals surface area contributed by atoms with Crippen LogP contribution in [0.4, 0.5) is 20.2 Å². The van der Waals surface area contributed by atoms with Gasteiger partial charge in [0, 0.05) is 18.7 Å². The van der Waals surface area contributed by atoms with Crippen LogP contribution in [0.1, 0.15) is 32.8 Å². The van der Waals surface area contributed by atoms with Crippen molar-refractivity contribution in [2.24, 2.45) is 0 Å². The molecule has 0 atom stereocenters. The molecule has 0 fully saturated rings. The lowest BCUT2D eigenvalue weighted by atomic mass is 9.86. The lowest BCUT2D eigenvalue weighted by Gasteiger charge is -2.23. The standard InChI is InChI=1S/C19H22F2N2O/c1-19(2,3)13-7-4-5-10-16(13)23-17(24)11-12-22-18-14(20)8-6-9-15(18)21/h4-10,22H,11-12H2,1-3H3,(H,23,24). The van der Waals surface area contributed by atoms with Gasteiger partial charge in [0.1, 0.15) is 17.3 Å². The Bertz CT molecular complexity index is 703. The van der Waals surface area contributed by atoms with E-state index in [1.165, 1.54) is 18.2 Å². The van der Waals surface area contributed by atoms with Gasteiger partial charge in [-0.2, -0.15) is 0 Å². The van der Waals surface area contributed by atoms with Gasteiger partial charge < -0.3 is 10.6 Å². The predicted molar refractivity (Wildman–Crippen MR) is 93.2 cm³/mol. The number of halogens is 2. The fourth-order valence-electron chi connectivity index (χ4n) is 2.43. The van der Waals surface area contributed by atoms with Gasteiger partial charge in [-0.3, -0.25) is 4.79 Å². The maximum Gasteiger partial charge on any atom is 0.226 e. The molecule has 0 bridgehead atoms. The summed E-state index contributed by atoms with van der Waals surface area (Å²) in [5.41, 5.74) is 1.48. The Balaban J connectivity index is 1.95. The second kappa shape index (κ2) is 7.43. The van der Waals surface area contributed by atoms with Gasteiger partial charge in [0.15, 0.2) is 0 Å². The van der Waals surface area contributed by atoms with Crippen molar-refractivity contribution in [2.45, 2.75) is 32.6 Å². The van der Waals surface area contributed by atoms with E-state index in [9.17, 15) is 13.6 Å². The predicted octanol–water partition coefficient (Wildman–Crippen LogP) is 4.70. The molecule has 0 unspecified atom stereocenters. The molecular weight excluding hydrogens is 310 g/mol. The van der Waals surface area contributed by atoms with E-state index >= 15 is 0 Å². The van der Waals surface area contributed by atoms with E-state index in [0.717, 1.165) is 11.3 Å². The number of carbonyl (C=O) groups excluding carboxylic acids is 1. The molecule has 0 spiro atoms. The Morgan fingerprint density at radius 3 is 2.25 bits per heavy atom. The summed E-state index contributed by atoms with van der Waals surface area (Å²) in [6.07, 6.45) is 0.103. The number of hydrogen-bond donors (Lipinski definition) is 2. The Morgan fingerprint density at radius 1 is 1.00 bits per heavy atom. The van der Waals surface area contributed by atoms with Crippen molar-refractivity contribution in [3.05, 3.63) is 59.7 Å². The zero-order valence-electron chi connectivity index (χ0n) is 14.1. The number of nitrogens with one attached hydrogen (secondary N) is 2. The Kier molecular flexibility index (Phi) is 5.54. The van der Waals surface area contributed by atoms with Crippen LogP contribution in [0.2, 0.25) is 0 Å². The second-order valence-corrected chi connectivity index (χ2v) is 6.62. The van der Waals surface area contributed by atoms with Crippen LogP contribution in [-0.4, -0.2) is 12.5 Å². The smallest absolute Gasteiger partial charge is 0.226 e. The van der Waals surface area contributed by atoms with E-state index in [0.29, 0.717) is 0 Å². The minimum Gasteiger partial charge on any atom is -0.380 e. The van der Waals surface area contributed by atoms with Crippen molar-refractivity contribution in [3.63, 3.8) is 0 Å². The van der Waals surface area contributed by atoms with Gasteiger partial charge in [-0.25, -0.2) is 8.78 Å².